The van der Waals surface area contributed by atoms with Crippen molar-refractivity contribution in [3.63, 3.8) is 0 Å². The summed E-state index contributed by atoms with van der Waals surface area (Å²) in [5.74, 6) is 0.130. The molecule has 6 nitrogen and oxygen atoms in total. The molecule has 0 spiro atoms. The minimum absolute atomic E-state index is 0.130. The first-order valence-corrected chi connectivity index (χ1v) is 8.32. The van der Waals surface area contributed by atoms with Gasteiger partial charge in [0.2, 0.25) is 5.91 Å². The van der Waals surface area contributed by atoms with E-state index in [0.29, 0.717) is 0 Å². The Hall–Kier alpha value is -1.73. The Morgan fingerprint density at radius 3 is 2.68 bits per heavy atom. The largest absolute Gasteiger partial charge is 0.347 e. The summed E-state index contributed by atoms with van der Waals surface area (Å²) in [7, 11) is 3.63. The van der Waals surface area contributed by atoms with E-state index in [4.69, 9.17) is 0 Å². The molecule has 2 aromatic heterocycles. The molecule has 0 radical (unpaired) electrons. The highest BCUT2D eigenvalue weighted by Crippen LogP contribution is 2.32. The monoisotopic (exact) mass is 319 g/mol. The van der Waals surface area contributed by atoms with Crippen LogP contribution in [0.3, 0.4) is 0 Å². The van der Waals surface area contributed by atoms with Crippen LogP contribution in [0.1, 0.15) is 17.8 Å². The van der Waals surface area contributed by atoms with Crippen LogP contribution in [0.2, 0.25) is 0 Å². The van der Waals surface area contributed by atoms with E-state index in [1.807, 2.05) is 42.6 Å². The number of thiazole rings is 1. The Bertz CT molecular complexity index is 600. The van der Waals surface area contributed by atoms with Crippen molar-refractivity contribution in [3.05, 3.63) is 35.0 Å². The molecule has 22 heavy (non-hydrogen) atoms. The predicted octanol–water partition coefficient (Wildman–Crippen LogP) is 1.42. The summed E-state index contributed by atoms with van der Waals surface area (Å²) in [5, 5.41) is 7.49. The lowest BCUT2D eigenvalue weighted by Gasteiger charge is -2.41. The molecular formula is C15H21N5OS. The normalized spacial score (nSPS) is 18.3. The summed E-state index contributed by atoms with van der Waals surface area (Å²) in [4.78, 5) is 21.2. The molecule has 0 N–H and O–H groups in total. The molecule has 2 aromatic rings. The first-order valence-electron chi connectivity index (χ1n) is 7.44. The van der Waals surface area contributed by atoms with Gasteiger partial charge in [0.15, 0.2) is 0 Å². The average Bonchev–Trinajstić information content (AvgIpc) is 3.21. The van der Waals surface area contributed by atoms with Crippen molar-refractivity contribution in [2.75, 3.05) is 27.2 Å². The molecule has 0 unspecified atom stereocenters. The maximum atomic E-state index is 12.8. The zero-order valence-electron chi connectivity index (χ0n) is 13.0. The van der Waals surface area contributed by atoms with E-state index in [2.05, 4.69) is 15.0 Å². The number of rotatable bonds is 4. The number of likely N-dealkylation sites (tertiary alicyclic amines) is 1. The number of piperidine rings is 1. The smallest absolute Gasteiger partial charge is 0.250 e. The van der Waals surface area contributed by atoms with Crippen LogP contribution in [0.4, 0.5) is 0 Å². The van der Waals surface area contributed by atoms with E-state index in [9.17, 15) is 4.79 Å². The lowest BCUT2D eigenvalue weighted by atomic mass is 9.86. The highest BCUT2D eigenvalue weighted by Gasteiger charge is 2.44. The Balaban J connectivity index is 1.75. The number of aromatic nitrogens is 3. The van der Waals surface area contributed by atoms with E-state index in [1.165, 1.54) is 0 Å². The second kappa shape index (κ2) is 6.18. The van der Waals surface area contributed by atoms with Gasteiger partial charge in [0.25, 0.3) is 0 Å². The second-order valence-electron chi connectivity index (χ2n) is 5.88. The maximum Gasteiger partial charge on any atom is 0.250 e. The molecule has 0 saturated carbocycles. The molecule has 0 bridgehead atoms. The van der Waals surface area contributed by atoms with Crippen LogP contribution in [-0.2, 0) is 16.9 Å². The number of hydrogen-bond donors (Lipinski definition) is 0. The molecule has 118 valence electrons. The van der Waals surface area contributed by atoms with Crippen molar-refractivity contribution in [1.82, 2.24) is 24.6 Å². The standard InChI is InChI=1S/C15H21N5OS/c1-18(2)14(21)15(20-8-3-6-17-20)4-9-19(10-5-15)12-13-16-7-11-22-13/h3,6-8,11H,4-5,9-10,12H2,1-2H3. The molecule has 1 aliphatic rings. The fourth-order valence-electron chi connectivity index (χ4n) is 3.08. The van der Waals surface area contributed by atoms with Gasteiger partial charge in [0, 0.05) is 51.2 Å². The molecule has 1 saturated heterocycles. The highest BCUT2D eigenvalue weighted by atomic mass is 32.1. The van der Waals surface area contributed by atoms with Crippen molar-refractivity contribution >= 4 is 17.2 Å². The molecule has 0 atom stereocenters. The summed E-state index contributed by atoms with van der Waals surface area (Å²) in [6, 6.07) is 1.88. The van der Waals surface area contributed by atoms with Crippen LogP contribution in [0.25, 0.3) is 0 Å². The summed E-state index contributed by atoms with van der Waals surface area (Å²) in [6.45, 7) is 2.61. The minimum atomic E-state index is -0.549. The average molecular weight is 319 g/mol. The lowest BCUT2D eigenvalue weighted by Crippen LogP contribution is -2.54. The molecule has 1 amide bonds. The second-order valence-corrected chi connectivity index (χ2v) is 6.86. The van der Waals surface area contributed by atoms with Crippen LogP contribution in [0.5, 0.6) is 0 Å². The van der Waals surface area contributed by atoms with Crippen molar-refractivity contribution in [2.24, 2.45) is 0 Å². The quantitative estimate of drug-likeness (QED) is 0.855. The minimum Gasteiger partial charge on any atom is -0.347 e. The topological polar surface area (TPSA) is 54.3 Å². The molecule has 1 fully saturated rings. The van der Waals surface area contributed by atoms with Crippen LogP contribution < -0.4 is 0 Å². The Kier molecular flexibility index (Phi) is 4.26. The number of likely N-dealkylation sites (N-methyl/N-ethyl adjacent to an activating group) is 1. The maximum absolute atomic E-state index is 12.8. The Morgan fingerprint density at radius 2 is 2.14 bits per heavy atom. The van der Waals surface area contributed by atoms with Crippen molar-refractivity contribution in [1.29, 1.82) is 0 Å². The van der Waals surface area contributed by atoms with Crippen molar-refractivity contribution < 1.29 is 4.79 Å². The molecule has 0 aliphatic carbocycles. The lowest BCUT2D eigenvalue weighted by molar-refractivity contribution is -0.141. The van der Waals surface area contributed by atoms with Gasteiger partial charge >= 0.3 is 0 Å². The van der Waals surface area contributed by atoms with Gasteiger partial charge in [0.1, 0.15) is 10.5 Å². The zero-order chi connectivity index (χ0) is 15.6. The van der Waals surface area contributed by atoms with Crippen molar-refractivity contribution in [3.8, 4) is 0 Å². The summed E-state index contributed by atoms with van der Waals surface area (Å²) >= 11 is 1.68. The first-order chi connectivity index (χ1) is 10.6. The third-order valence-electron chi connectivity index (χ3n) is 4.27. The molecule has 3 heterocycles. The molecular weight excluding hydrogens is 298 g/mol. The number of hydrogen-bond acceptors (Lipinski definition) is 5. The Morgan fingerprint density at radius 1 is 1.36 bits per heavy atom. The van der Waals surface area contributed by atoms with Crippen LogP contribution in [0, 0.1) is 0 Å². The first kappa shape index (κ1) is 15.2. The van der Waals surface area contributed by atoms with E-state index in [0.717, 1.165) is 37.5 Å². The highest BCUT2D eigenvalue weighted by molar-refractivity contribution is 7.09. The van der Waals surface area contributed by atoms with E-state index in [-0.39, 0.29) is 5.91 Å². The fraction of sp³-hybridized carbons (Fsp3) is 0.533. The van der Waals surface area contributed by atoms with E-state index < -0.39 is 5.54 Å². The summed E-state index contributed by atoms with van der Waals surface area (Å²) in [6.07, 6.45) is 7.03. The van der Waals surface area contributed by atoms with Gasteiger partial charge in [-0.25, -0.2) is 4.98 Å². The third-order valence-corrected chi connectivity index (χ3v) is 5.04. The van der Waals surface area contributed by atoms with Gasteiger partial charge in [-0.1, -0.05) is 0 Å². The van der Waals surface area contributed by atoms with Gasteiger partial charge in [-0.15, -0.1) is 11.3 Å². The SMILES string of the molecule is CN(C)C(=O)C1(n2cccn2)CCN(Cc2nccs2)CC1. The van der Waals surface area contributed by atoms with E-state index in [1.54, 1.807) is 22.4 Å². The van der Waals surface area contributed by atoms with Gasteiger partial charge in [0.05, 0.1) is 6.54 Å². The summed E-state index contributed by atoms with van der Waals surface area (Å²) in [5.41, 5.74) is -0.549. The van der Waals surface area contributed by atoms with Gasteiger partial charge < -0.3 is 4.90 Å². The molecule has 0 aromatic carbocycles. The third kappa shape index (κ3) is 2.78. The summed E-state index contributed by atoms with van der Waals surface area (Å²) < 4.78 is 1.84. The number of nitrogens with zero attached hydrogens (tertiary/aromatic N) is 5. The van der Waals surface area contributed by atoms with Crippen molar-refractivity contribution in [2.45, 2.75) is 24.9 Å². The van der Waals surface area contributed by atoms with Crippen LogP contribution in [0.15, 0.2) is 30.0 Å². The van der Waals surface area contributed by atoms with Gasteiger partial charge in [-0.2, -0.15) is 5.10 Å². The molecule has 7 heteroatoms. The number of amides is 1. The molecule has 3 rings (SSSR count). The van der Waals surface area contributed by atoms with Crippen LogP contribution in [-0.4, -0.2) is 57.7 Å². The Labute approximate surface area is 134 Å². The number of carbonyl (C=O) groups is 1. The predicted molar refractivity (Wildman–Crippen MR) is 85.5 cm³/mol. The molecule has 1 aliphatic heterocycles. The van der Waals surface area contributed by atoms with Crippen LogP contribution >= 0.6 is 11.3 Å². The number of carbonyl (C=O) groups excluding carboxylic acids is 1. The van der Waals surface area contributed by atoms with Gasteiger partial charge in [-0.3, -0.25) is 14.4 Å². The van der Waals surface area contributed by atoms with E-state index >= 15 is 0 Å². The fourth-order valence-corrected chi connectivity index (χ4v) is 3.74. The zero-order valence-corrected chi connectivity index (χ0v) is 13.8. The van der Waals surface area contributed by atoms with Gasteiger partial charge in [-0.05, 0) is 18.9 Å².